The molecule has 4 aromatic rings. The van der Waals surface area contributed by atoms with Gasteiger partial charge in [0.15, 0.2) is 11.5 Å². The Morgan fingerprint density at radius 2 is 1.97 bits per heavy atom. The third kappa shape index (κ3) is 3.40. The third-order valence-corrected chi connectivity index (χ3v) is 4.68. The number of nitrogens with two attached hydrogens (primary N) is 1. The van der Waals surface area contributed by atoms with E-state index in [4.69, 9.17) is 19.6 Å². The van der Waals surface area contributed by atoms with E-state index in [9.17, 15) is 0 Å². The van der Waals surface area contributed by atoms with Crippen molar-refractivity contribution in [2.45, 2.75) is 19.8 Å². The van der Waals surface area contributed by atoms with E-state index in [1.54, 1.807) is 20.4 Å². The normalized spacial score (nSPS) is 11.2. The van der Waals surface area contributed by atoms with Gasteiger partial charge in [0.2, 0.25) is 11.7 Å². The molecule has 0 spiro atoms. The van der Waals surface area contributed by atoms with Crippen molar-refractivity contribution < 1.29 is 13.9 Å². The van der Waals surface area contributed by atoms with Gasteiger partial charge in [-0.25, -0.2) is 9.97 Å². The second kappa shape index (κ2) is 7.88. The largest absolute Gasteiger partial charge is 0.493 e. The van der Waals surface area contributed by atoms with E-state index >= 15 is 0 Å². The molecule has 1 aromatic carbocycles. The molecule has 29 heavy (non-hydrogen) atoms. The smallest absolute Gasteiger partial charge is 0.285 e. The summed E-state index contributed by atoms with van der Waals surface area (Å²) in [6.07, 6.45) is 3.03. The highest BCUT2D eigenvalue weighted by Crippen LogP contribution is 2.36. The summed E-state index contributed by atoms with van der Waals surface area (Å²) in [5.41, 5.74) is 10.2. The van der Waals surface area contributed by atoms with Crippen LogP contribution in [-0.2, 0) is 12.8 Å². The van der Waals surface area contributed by atoms with E-state index in [-0.39, 0.29) is 5.89 Å². The fraction of sp³-hybridized carbons (Fsp3) is 0.300. The van der Waals surface area contributed by atoms with Gasteiger partial charge in [-0.1, -0.05) is 6.92 Å². The summed E-state index contributed by atoms with van der Waals surface area (Å²) in [7, 11) is 3.24. The number of H-pyrrole nitrogens is 1. The maximum Gasteiger partial charge on any atom is 0.285 e. The minimum atomic E-state index is 0.284. The number of ether oxygens (including phenoxy) is 2. The highest BCUT2D eigenvalue weighted by molar-refractivity contribution is 5.88. The van der Waals surface area contributed by atoms with Gasteiger partial charge in [0.05, 0.1) is 37.1 Å². The van der Waals surface area contributed by atoms with Gasteiger partial charge < -0.3 is 24.6 Å². The Kier molecular flexibility index (Phi) is 5.13. The zero-order valence-corrected chi connectivity index (χ0v) is 16.5. The summed E-state index contributed by atoms with van der Waals surface area (Å²) >= 11 is 0. The maximum absolute atomic E-state index is 5.61. The molecule has 4 rings (SSSR count). The molecule has 3 N–H and O–H groups in total. The van der Waals surface area contributed by atoms with Crippen LogP contribution in [0.2, 0.25) is 0 Å². The first-order valence-corrected chi connectivity index (χ1v) is 9.31. The number of benzene rings is 1. The first-order valence-electron chi connectivity index (χ1n) is 9.31. The van der Waals surface area contributed by atoms with Crippen LogP contribution in [-0.4, -0.2) is 45.9 Å². The van der Waals surface area contributed by atoms with Gasteiger partial charge in [-0.05, 0) is 24.6 Å². The molecule has 150 valence electrons. The summed E-state index contributed by atoms with van der Waals surface area (Å²) < 4.78 is 16.4. The second-order valence-corrected chi connectivity index (χ2v) is 6.40. The van der Waals surface area contributed by atoms with E-state index in [0.29, 0.717) is 36.2 Å². The number of methoxy groups -OCH3 is 2. The third-order valence-electron chi connectivity index (χ3n) is 4.68. The molecule has 0 saturated heterocycles. The molecule has 0 aliphatic rings. The molecule has 0 unspecified atom stereocenters. The molecule has 0 amide bonds. The molecule has 9 heteroatoms. The van der Waals surface area contributed by atoms with Crippen molar-refractivity contribution in [1.29, 1.82) is 0 Å². The maximum atomic E-state index is 5.61. The first-order chi connectivity index (χ1) is 14.2. The summed E-state index contributed by atoms with van der Waals surface area (Å²) in [6.45, 7) is 2.52. The number of rotatable bonds is 7. The molecule has 3 heterocycles. The summed E-state index contributed by atoms with van der Waals surface area (Å²) in [5, 5.41) is 8.02. The Bertz CT molecular complexity index is 1150. The number of aryl methyl sites for hydroxylation is 1. The molecule has 3 aromatic heterocycles. The molecule has 0 bridgehead atoms. The zero-order valence-electron chi connectivity index (χ0n) is 16.5. The van der Waals surface area contributed by atoms with E-state index in [0.717, 1.165) is 34.3 Å². The van der Waals surface area contributed by atoms with E-state index in [1.807, 2.05) is 18.2 Å². The molecule has 9 nitrogen and oxygen atoms in total. The highest BCUT2D eigenvalue weighted by atomic mass is 16.5. The molecule has 0 aliphatic carbocycles. The minimum absolute atomic E-state index is 0.284. The van der Waals surface area contributed by atoms with Crippen LogP contribution in [0, 0.1) is 0 Å². The Morgan fingerprint density at radius 1 is 1.14 bits per heavy atom. The fourth-order valence-electron chi connectivity index (χ4n) is 3.29. The van der Waals surface area contributed by atoms with Crippen molar-refractivity contribution in [3.05, 3.63) is 35.9 Å². The van der Waals surface area contributed by atoms with Crippen LogP contribution in [0.5, 0.6) is 11.5 Å². The van der Waals surface area contributed by atoms with Gasteiger partial charge in [-0.2, -0.15) is 0 Å². The summed E-state index contributed by atoms with van der Waals surface area (Å²) in [6, 6.07) is 5.80. The predicted molar refractivity (Wildman–Crippen MR) is 108 cm³/mol. The van der Waals surface area contributed by atoms with Crippen LogP contribution >= 0.6 is 0 Å². The van der Waals surface area contributed by atoms with Gasteiger partial charge >= 0.3 is 0 Å². The number of hydrogen-bond acceptors (Lipinski definition) is 8. The van der Waals surface area contributed by atoms with Crippen LogP contribution in [0.1, 0.15) is 18.4 Å². The zero-order chi connectivity index (χ0) is 20.4. The lowest BCUT2D eigenvalue weighted by molar-refractivity contribution is 0.355. The number of nitrogens with one attached hydrogen (secondary N) is 1. The lowest BCUT2D eigenvalue weighted by Crippen LogP contribution is -2.02. The SMILES string of the molecule is CCc1c(-c2ccc(OC)c(OC)c2)[nH]c2cnc(-c3nnc(CCN)o3)nc12. The molecule has 0 atom stereocenters. The monoisotopic (exact) mass is 394 g/mol. The van der Waals surface area contributed by atoms with Crippen molar-refractivity contribution in [2.24, 2.45) is 5.73 Å². The van der Waals surface area contributed by atoms with Crippen LogP contribution in [0.25, 0.3) is 34.0 Å². The van der Waals surface area contributed by atoms with Crippen LogP contribution in [0.15, 0.2) is 28.8 Å². The Morgan fingerprint density at radius 3 is 2.69 bits per heavy atom. The number of aromatic nitrogens is 5. The molecule has 0 saturated carbocycles. The van der Waals surface area contributed by atoms with Crippen LogP contribution < -0.4 is 15.2 Å². The second-order valence-electron chi connectivity index (χ2n) is 6.40. The van der Waals surface area contributed by atoms with E-state index in [2.05, 4.69) is 32.1 Å². The van der Waals surface area contributed by atoms with Crippen molar-refractivity contribution in [3.8, 4) is 34.5 Å². The average molecular weight is 394 g/mol. The number of hydrogen-bond donors (Lipinski definition) is 2. The molecular formula is C20H22N6O3. The predicted octanol–water partition coefficient (Wildman–Crippen LogP) is 2.76. The lowest BCUT2D eigenvalue weighted by Gasteiger charge is -2.09. The van der Waals surface area contributed by atoms with Crippen molar-refractivity contribution in [3.63, 3.8) is 0 Å². The Balaban J connectivity index is 1.80. The number of nitrogens with zero attached hydrogens (tertiary/aromatic N) is 4. The van der Waals surface area contributed by atoms with Crippen molar-refractivity contribution in [2.75, 3.05) is 20.8 Å². The standard InChI is InChI=1S/C20H22N6O3/c1-4-12-17(11-5-6-14(27-2)15(9-11)28-3)23-13-10-22-19(24-18(12)13)20-26-25-16(29-20)7-8-21/h5-6,9-10,23H,4,7-8,21H2,1-3H3. The molecular weight excluding hydrogens is 372 g/mol. The van der Waals surface area contributed by atoms with E-state index in [1.165, 1.54) is 0 Å². The van der Waals surface area contributed by atoms with E-state index < -0.39 is 0 Å². The van der Waals surface area contributed by atoms with Crippen molar-refractivity contribution in [1.82, 2.24) is 25.1 Å². The number of fused-ring (bicyclic) bond motifs is 1. The lowest BCUT2D eigenvalue weighted by atomic mass is 10.0. The molecule has 0 fully saturated rings. The average Bonchev–Trinajstić information content (AvgIpc) is 3.37. The molecule has 0 radical (unpaired) electrons. The van der Waals surface area contributed by atoms with Gasteiger partial charge in [0, 0.05) is 24.1 Å². The Hall–Kier alpha value is -3.46. The van der Waals surface area contributed by atoms with Gasteiger partial charge in [0.25, 0.3) is 5.89 Å². The van der Waals surface area contributed by atoms with Crippen LogP contribution in [0.3, 0.4) is 0 Å². The van der Waals surface area contributed by atoms with Gasteiger partial charge in [-0.15, -0.1) is 10.2 Å². The minimum Gasteiger partial charge on any atom is -0.493 e. The highest BCUT2D eigenvalue weighted by Gasteiger charge is 2.18. The van der Waals surface area contributed by atoms with Crippen molar-refractivity contribution >= 4 is 11.0 Å². The quantitative estimate of drug-likeness (QED) is 0.490. The van der Waals surface area contributed by atoms with Crippen LogP contribution in [0.4, 0.5) is 0 Å². The van der Waals surface area contributed by atoms with Gasteiger partial charge in [0.1, 0.15) is 0 Å². The van der Waals surface area contributed by atoms with Gasteiger partial charge in [-0.3, -0.25) is 0 Å². The fourth-order valence-corrected chi connectivity index (χ4v) is 3.29. The number of aromatic amines is 1. The summed E-state index contributed by atoms with van der Waals surface area (Å²) in [4.78, 5) is 12.5. The first kappa shape index (κ1) is 18.9. The topological polar surface area (TPSA) is 125 Å². The molecule has 0 aliphatic heterocycles. The summed E-state index contributed by atoms with van der Waals surface area (Å²) in [5.74, 6) is 2.49. The Labute approximate surface area is 167 Å².